The van der Waals surface area contributed by atoms with Crippen molar-refractivity contribution in [1.29, 1.82) is 0 Å². The third kappa shape index (κ3) is 4.42. The zero-order chi connectivity index (χ0) is 22.9. The predicted octanol–water partition coefficient (Wildman–Crippen LogP) is 5.40. The van der Waals surface area contributed by atoms with Gasteiger partial charge in [0.1, 0.15) is 0 Å². The monoisotopic (exact) mass is 432 g/mol. The van der Waals surface area contributed by atoms with E-state index in [0.29, 0.717) is 26.9 Å². The standard InChI is InChI=1S/C25H24N2O3S/c1-16-8-7-9-19(14-16)27-17(2)22(15-21(24(27)29)23(28)25(3,4)5)31(30)20-12-10-18(26-6)11-13-20/h7-15H,1-5H3. The van der Waals surface area contributed by atoms with Crippen LogP contribution in [0.5, 0.6) is 0 Å². The number of nitrogens with zero attached hydrogens (tertiary/aromatic N) is 2. The number of carbonyl (C=O) groups is 1. The van der Waals surface area contributed by atoms with Crippen molar-refractivity contribution in [3.05, 3.63) is 93.2 Å². The maximum absolute atomic E-state index is 13.5. The fourth-order valence-electron chi connectivity index (χ4n) is 3.28. The van der Waals surface area contributed by atoms with E-state index in [1.807, 2.05) is 25.1 Å². The quantitative estimate of drug-likeness (QED) is 0.410. The Morgan fingerprint density at radius 3 is 2.23 bits per heavy atom. The number of ketones is 1. The van der Waals surface area contributed by atoms with Crippen LogP contribution >= 0.6 is 0 Å². The van der Waals surface area contributed by atoms with Gasteiger partial charge in [-0.05, 0) is 37.6 Å². The molecule has 0 fully saturated rings. The van der Waals surface area contributed by atoms with Crippen molar-refractivity contribution in [3.8, 4) is 5.69 Å². The number of aryl methyl sites for hydroxylation is 1. The van der Waals surface area contributed by atoms with Gasteiger partial charge in [0, 0.05) is 21.7 Å². The van der Waals surface area contributed by atoms with Crippen molar-refractivity contribution in [2.24, 2.45) is 5.41 Å². The minimum Gasteiger partial charge on any atom is -0.293 e. The van der Waals surface area contributed by atoms with Crippen molar-refractivity contribution in [3.63, 3.8) is 0 Å². The summed E-state index contributed by atoms with van der Waals surface area (Å²) >= 11 is 0. The van der Waals surface area contributed by atoms with Gasteiger partial charge >= 0.3 is 0 Å². The molecule has 1 aromatic heterocycles. The Balaban J connectivity index is 2.31. The second kappa shape index (κ2) is 8.44. The summed E-state index contributed by atoms with van der Waals surface area (Å²) in [6.45, 7) is 16.0. The van der Waals surface area contributed by atoms with Gasteiger partial charge in [0.2, 0.25) is 0 Å². The fourth-order valence-corrected chi connectivity index (χ4v) is 4.51. The Morgan fingerprint density at radius 2 is 1.68 bits per heavy atom. The lowest BCUT2D eigenvalue weighted by atomic mass is 9.87. The first-order chi connectivity index (χ1) is 14.5. The molecule has 0 radical (unpaired) electrons. The molecule has 0 saturated heterocycles. The third-order valence-electron chi connectivity index (χ3n) is 4.97. The predicted molar refractivity (Wildman–Crippen MR) is 123 cm³/mol. The SMILES string of the molecule is [C-]#[N+]c1ccc(S(=O)c2cc(C(=O)C(C)(C)C)c(=O)n(-c3cccc(C)c3)c2C)cc1. The lowest BCUT2D eigenvalue weighted by Gasteiger charge is -2.20. The molecule has 0 aliphatic carbocycles. The van der Waals surface area contributed by atoms with E-state index in [-0.39, 0.29) is 11.3 Å². The van der Waals surface area contributed by atoms with Crippen LogP contribution in [0, 0.1) is 25.8 Å². The highest BCUT2D eigenvalue weighted by molar-refractivity contribution is 7.85. The van der Waals surface area contributed by atoms with Crippen LogP contribution in [0.3, 0.4) is 0 Å². The second-order valence-corrected chi connectivity index (χ2v) is 9.89. The molecule has 0 aliphatic heterocycles. The van der Waals surface area contributed by atoms with Gasteiger partial charge in [0.15, 0.2) is 11.5 Å². The van der Waals surface area contributed by atoms with Crippen LogP contribution < -0.4 is 5.56 Å². The summed E-state index contributed by atoms with van der Waals surface area (Å²) < 4.78 is 14.9. The molecule has 5 nitrogen and oxygen atoms in total. The number of hydrogen-bond donors (Lipinski definition) is 0. The van der Waals surface area contributed by atoms with E-state index in [9.17, 15) is 13.8 Å². The first-order valence-electron chi connectivity index (χ1n) is 9.82. The Morgan fingerprint density at radius 1 is 1.03 bits per heavy atom. The Bertz CT molecular complexity index is 1290. The lowest BCUT2D eigenvalue weighted by Crippen LogP contribution is -2.33. The van der Waals surface area contributed by atoms with Crippen molar-refractivity contribution in [2.45, 2.75) is 44.4 Å². The lowest BCUT2D eigenvalue weighted by molar-refractivity contribution is 0.0856. The Labute approximate surface area is 184 Å². The van der Waals surface area contributed by atoms with E-state index in [1.54, 1.807) is 58.0 Å². The molecule has 1 atom stereocenters. The van der Waals surface area contributed by atoms with Crippen LogP contribution in [0.2, 0.25) is 0 Å². The third-order valence-corrected chi connectivity index (χ3v) is 6.48. The largest absolute Gasteiger partial charge is 0.293 e. The van der Waals surface area contributed by atoms with Crippen LogP contribution in [0.25, 0.3) is 10.5 Å². The molecule has 3 rings (SSSR count). The van der Waals surface area contributed by atoms with Crippen LogP contribution in [0.15, 0.2) is 69.2 Å². The molecule has 0 amide bonds. The van der Waals surface area contributed by atoms with Crippen LogP contribution in [-0.4, -0.2) is 14.6 Å². The highest BCUT2D eigenvalue weighted by Crippen LogP contribution is 2.27. The fraction of sp³-hybridized carbons (Fsp3) is 0.240. The Kier molecular flexibility index (Phi) is 6.10. The minimum absolute atomic E-state index is 0.0146. The highest BCUT2D eigenvalue weighted by Gasteiger charge is 2.29. The maximum atomic E-state index is 13.5. The molecule has 3 aromatic rings. The number of aromatic nitrogens is 1. The summed E-state index contributed by atoms with van der Waals surface area (Å²) in [4.78, 5) is 30.7. The number of hydrogen-bond acceptors (Lipinski definition) is 3. The molecule has 0 aliphatic rings. The van der Waals surface area contributed by atoms with Gasteiger partial charge in [0.25, 0.3) is 5.56 Å². The van der Waals surface area contributed by atoms with Gasteiger partial charge < -0.3 is 0 Å². The molecule has 2 aromatic carbocycles. The zero-order valence-electron chi connectivity index (χ0n) is 18.2. The van der Waals surface area contributed by atoms with Crippen molar-refractivity contribution in [1.82, 2.24) is 4.57 Å². The van der Waals surface area contributed by atoms with Crippen molar-refractivity contribution < 1.29 is 9.00 Å². The van der Waals surface area contributed by atoms with E-state index in [4.69, 9.17) is 6.57 Å². The summed E-state index contributed by atoms with van der Waals surface area (Å²) in [7, 11) is -1.63. The first kappa shape index (κ1) is 22.4. The summed E-state index contributed by atoms with van der Waals surface area (Å²) in [6.07, 6.45) is 0. The van der Waals surface area contributed by atoms with Gasteiger partial charge in [0.05, 0.1) is 27.8 Å². The normalized spacial score (nSPS) is 12.3. The van der Waals surface area contributed by atoms with Gasteiger partial charge in [-0.2, -0.15) is 0 Å². The van der Waals surface area contributed by atoms with Crippen molar-refractivity contribution in [2.75, 3.05) is 0 Å². The van der Waals surface area contributed by atoms with E-state index >= 15 is 0 Å². The molecule has 31 heavy (non-hydrogen) atoms. The molecule has 0 bridgehead atoms. The van der Waals surface area contributed by atoms with Gasteiger partial charge in [-0.1, -0.05) is 57.2 Å². The molecule has 0 N–H and O–H groups in total. The molecule has 0 saturated carbocycles. The van der Waals surface area contributed by atoms with E-state index in [1.165, 1.54) is 10.6 Å². The number of benzene rings is 2. The molecule has 1 unspecified atom stereocenters. The summed E-state index contributed by atoms with van der Waals surface area (Å²) in [5.74, 6) is -0.305. The zero-order valence-corrected chi connectivity index (χ0v) is 19.0. The van der Waals surface area contributed by atoms with Gasteiger partial charge in [-0.3, -0.25) is 14.2 Å². The number of rotatable bonds is 4. The molecule has 1 heterocycles. The Hall–Kier alpha value is -3.30. The minimum atomic E-state index is -1.63. The highest BCUT2D eigenvalue weighted by atomic mass is 32.2. The number of Topliss-reactive ketones (excluding diaryl/α,β-unsaturated/α-hetero) is 1. The summed E-state index contributed by atoms with van der Waals surface area (Å²) in [5.41, 5.74) is 1.36. The molecular weight excluding hydrogens is 408 g/mol. The van der Waals surface area contributed by atoms with Crippen molar-refractivity contribution >= 4 is 22.3 Å². The van der Waals surface area contributed by atoms with Gasteiger partial charge in [-0.15, -0.1) is 0 Å². The topological polar surface area (TPSA) is 60.5 Å². The first-order valence-corrected chi connectivity index (χ1v) is 11.0. The second-order valence-electron chi connectivity index (χ2n) is 8.44. The van der Waals surface area contributed by atoms with E-state index in [2.05, 4.69) is 4.85 Å². The molecular formula is C25H24N2O3S. The van der Waals surface area contributed by atoms with Gasteiger partial charge in [-0.25, -0.2) is 9.05 Å². The molecule has 6 heteroatoms. The van der Waals surface area contributed by atoms with Crippen LogP contribution in [0.4, 0.5) is 5.69 Å². The smallest absolute Gasteiger partial charge is 0.266 e. The van der Waals surface area contributed by atoms with E-state index < -0.39 is 21.8 Å². The average Bonchev–Trinajstić information content (AvgIpc) is 2.72. The van der Waals surface area contributed by atoms with Crippen LogP contribution in [-0.2, 0) is 10.8 Å². The summed E-state index contributed by atoms with van der Waals surface area (Å²) in [5, 5.41) is 0. The molecule has 158 valence electrons. The number of carbonyl (C=O) groups excluding carboxylic acids is 1. The van der Waals surface area contributed by atoms with E-state index in [0.717, 1.165) is 5.56 Å². The molecule has 0 spiro atoms. The average molecular weight is 433 g/mol. The van der Waals surface area contributed by atoms with Crippen LogP contribution in [0.1, 0.15) is 42.4 Å². The number of pyridine rings is 1. The maximum Gasteiger partial charge on any atom is 0.266 e. The summed E-state index contributed by atoms with van der Waals surface area (Å²) in [6, 6.07) is 15.4.